The number of aliphatic hydroxyl groups excluding tert-OH is 1. The maximum absolute atomic E-state index is 12.2. The molecule has 0 amide bonds. The van der Waals surface area contributed by atoms with E-state index in [0.717, 1.165) is 6.42 Å². The summed E-state index contributed by atoms with van der Waals surface area (Å²) in [5.74, 6) is 5.36. The average Bonchev–Trinajstić information content (AvgIpc) is 2.96. The van der Waals surface area contributed by atoms with Gasteiger partial charge in [-0.2, -0.15) is 0 Å². The summed E-state index contributed by atoms with van der Waals surface area (Å²) in [6, 6.07) is 4.44. The summed E-state index contributed by atoms with van der Waals surface area (Å²) < 4.78 is 32.2. The maximum atomic E-state index is 12.2. The Kier molecular flexibility index (Phi) is 5.62. The van der Waals surface area contributed by atoms with Crippen molar-refractivity contribution in [3.63, 3.8) is 0 Å². The zero-order valence-electron chi connectivity index (χ0n) is 11.3. The SMILES string of the molecule is O=S(=O)(NCC1CCOC1)c1ccc(C#CCO)cc1Cl. The van der Waals surface area contributed by atoms with Crippen LogP contribution in [0.1, 0.15) is 12.0 Å². The molecule has 0 bridgehead atoms. The molecule has 0 aromatic heterocycles. The van der Waals surface area contributed by atoms with Crippen LogP contribution in [-0.4, -0.2) is 39.9 Å². The average molecular weight is 330 g/mol. The molecule has 1 atom stereocenters. The molecule has 2 N–H and O–H groups in total. The summed E-state index contributed by atoms with van der Waals surface area (Å²) in [7, 11) is -3.65. The highest BCUT2D eigenvalue weighted by Crippen LogP contribution is 2.23. The van der Waals surface area contributed by atoms with E-state index in [9.17, 15) is 8.42 Å². The van der Waals surface area contributed by atoms with Gasteiger partial charge in [0.1, 0.15) is 11.5 Å². The van der Waals surface area contributed by atoms with Crippen molar-refractivity contribution in [2.45, 2.75) is 11.3 Å². The number of halogens is 1. The van der Waals surface area contributed by atoms with Gasteiger partial charge in [0.15, 0.2) is 0 Å². The summed E-state index contributed by atoms with van der Waals surface area (Å²) in [5.41, 5.74) is 0.553. The smallest absolute Gasteiger partial charge is 0.242 e. The van der Waals surface area contributed by atoms with E-state index >= 15 is 0 Å². The van der Waals surface area contributed by atoms with Crippen molar-refractivity contribution in [3.8, 4) is 11.8 Å². The predicted octanol–water partition coefficient (Wildman–Crippen LogP) is 0.999. The molecule has 7 heteroatoms. The van der Waals surface area contributed by atoms with Crippen molar-refractivity contribution in [1.29, 1.82) is 0 Å². The molecule has 1 fully saturated rings. The molecule has 0 saturated carbocycles. The van der Waals surface area contributed by atoms with E-state index in [-0.39, 0.29) is 22.4 Å². The van der Waals surface area contributed by atoms with Gasteiger partial charge < -0.3 is 9.84 Å². The largest absolute Gasteiger partial charge is 0.384 e. The van der Waals surface area contributed by atoms with Crippen molar-refractivity contribution in [2.75, 3.05) is 26.4 Å². The fraction of sp³-hybridized carbons (Fsp3) is 0.429. The van der Waals surface area contributed by atoms with Crippen LogP contribution >= 0.6 is 11.6 Å². The van der Waals surface area contributed by atoms with Crippen molar-refractivity contribution in [2.24, 2.45) is 5.92 Å². The fourth-order valence-corrected chi connectivity index (χ4v) is 3.65. The Bertz CT molecular complexity index is 657. The minimum Gasteiger partial charge on any atom is -0.384 e. The zero-order chi connectivity index (χ0) is 15.3. The zero-order valence-corrected chi connectivity index (χ0v) is 12.9. The molecule has 1 aliphatic rings. The standard InChI is InChI=1S/C14H16ClNO4S/c15-13-8-11(2-1-6-17)3-4-14(13)21(18,19)16-9-12-5-7-20-10-12/h3-4,8,12,16-17H,5-7,9-10H2. The third-order valence-electron chi connectivity index (χ3n) is 3.12. The van der Waals surface area contributed by atoms with Gasteiger partial charge in [0.2, 0.25) is 10.0 Å². The highest BCUT2D eigenvalue weighted by molar-refractivity contribution is 7.89. The topological polar surface area (TPSA) is 75.6 Å². The normalized spacial score (nSPS) is 18.3. The van der Waals surface area contributed by atoms with Gasteiger partial charge in [0.25, 0.3) is 0 Å². The fourth-order valence-electron chi connectivity index (χ4n) is 1.99. The Morgan fingerprint density at radius 3 is 2.90 bits per heavy atom. The van der Waals surface area contributed by atoms with Gasteiger partial charge in [-0.05, 0) is 30.5 Å². The molecule has 114 valence electrons. The lowest BCUT2D eigenvalue weighted by atomic mass is 10.1. The lowest BCUT2D eigenvalue weighted by Gasteiger charge is -2.11. The molecule has 5 nitrogen and oxygen atoms in total. The molecule has 1 aromatic carbocycles. The Labute approximate surface area is 129 Å². The Hall–Kier alpha value is -1.10. The van der Waals surface area contributed by atoms with Gasteiger partial charge in [-0.15, -0.1) is 0 Å². The number of ether oxygens (including phenoxy) is 1. The van der Waals surface area contributed by atoms with Gasteiger partial charge >= 0.3 is 0 Å². The molecular weight excluding hydrogens is 314 g/mol. The number of hydrogen-bond acceptors (Lipinski definition) is 4. The molecule has 1 aromatic rings. The first kappa shape index (κ1) is 16.3. The van der Waals surface area contributed by atoms with Crippen molar-refractivity contribution >= 4 is 21.6 Å². The van der Waals surface area contributed by atoms with E-state index in [0.29, 0.717) is 25.3 Å². The summed E-state index contributed by atoms with van der Waals surface area (Å²) in [6.45, 7) is 1.32. The lowest BCUT2D eigenvalue weighted by molar-refractivity contribution is 0.186. The molecule has 2 rings (SSSR count). The van der Waals surface area contributed by atoms with Gasteiger partial charge in [-0.1, -0.05) is 23.4 Å². The Morgan fingerprint density at radius 1 is 1.48 bits per heavy atom. The second kappa shape index (κ2) is 7.25. The van der Waals surface area contributed by atoms with Crippen LogP contribution in [0.4, 0.5) is 0 Å². The molecule has 0 spiro atoms. The number of sulfonamides is 1. The molecule has 0 aliphatic carbocycles. The second-order valence-electron chi connectivity index (χ2n) is 4.69. The summed E-state index contributed by atoms with van der Waals surface area (Å²) >= 11 is 6.01. The second-order valence-corrected chi connectivity index (χ2v) is 6.83. The van der Waals surface area contributed by atoms with Crippen molar-refractivity contribution in [1.82, 2.24) is 4.72 Å². The van der Waals surface area contributed by atoms with E-state index in [4.69, 9.17) is 21.4 Å². The molecule has 1 heterocycles. The summed E-state index contributed by atoms with van der Waals surface area (Å²) in [4.78, 5) is 0.0256. The van der Waals surface area contributed by atoms with Crippen molar-refractivity contribution < 1.29 is 18.3 Å². The van der Waals surface area contributed by atoms with E-state index < -0.39 is 10.0 Å². The summed E-state index contributed by atoms with van der Waals surface area (Å²) in [5, 5.41) is 8.74. The molecule has 1 unspecified atom stereocenters. The van der Waals surface area contributed by atoms with Crippen molar-refractivity contribution in [3.05, 3.63) is 28.8 Å². The number of aliphatic hydroxyl groups is 1. The highest BCUT2D eigenvalue weighted by atomic mass is 35.5. The van der Waals surface area contributed by atoms with Gasteiger partial charge in [0.05, 0.1) is 11.6 Å². The number of hydrogen-bond donors (Lipinski definition) is 2. The van der Waals surface area contributed by atoms with Crippen LogP contribution in [0.25, 0.3) is 0 Å². The minimum absolute atomic E-state index is 0.0256. The molecular formula is C14H16ClNO4S. The van der Waals surface area contributed by atoms with E-state index in [1.165, 1.54) is 12.1 Å². The van der Waals surface area contributed by atoms with Crippen LogP contribution in [-0.2, 0) is 14.8 Å². The van der Waals surface area contributed by atoms with E-state index in [2.05, 4.69) is 16.6 Å². The Balaban J connectivity index is 2.11. The molecule has 0 radical (unpaired) electrons. The molecule has 21 heavy (non-hydrogen) atoms. The third-order valence-corrected chi connectivity index (χ3v) is 5.03. The van der Waals surface area contributed by atoms with Gasteiger partial charge in [-0.25, -0.2) is 13.1 Å². The van der Waals surface area contributed by atoms with Gasteiger partial charge in [0, 0.05) is 18.7 Å². The Morgan fingerprint density at radius 2 is 2.29 bits per heavy atom. The first-order valence-electron chi connectivity index (χ1n) is 6.49. The van der Waals surface area contributed by atoms with Crippen LogP contribution in [0.15, 0.2) is 23.1 Å². The maximum Gasteiger partial charge on any atom is 0.242 e. The number of rotatable bonds is 4. The number of nitrogens with one attached hydrogen (secondary N) is 1. The minimum atomic E-state index is -3.65. The summed E-state index contributed by atoms with van der Waals surface area (Å²) in [6.07, 6.45) is 0.853. The number of benzene rings is 1. The predicted molar refractivity (Wildman–Crippen MR) is 79.5 cm³/mol. The monoisotopic (exact) mass is 329 g/mol. The van der Waals surface area contributed by atoms with Crippen LogP contribution in [0, 0.1) is 17.8 Å². The van der Waals surface area contributed by atoms with Crippen LogP contribution < -0.4 is 4.72 Å². The van der Waals surface area contributed by atoms with Crippen LogP contribution in [0.5, 0.6) is 0 Å². The van der Waals surface area contributed by atoms with Crippen LogP contribution in [0.2, 0.25) is 5.02 Å². The van der Waals surface area contributed by atoms with Gasteiger partial charge in [-0.3, -0.25) is 0 Å². The lowest BCUT2D eigenvalue weighted by Crippen LogP contribution is -2.29. The molecule has 1 aliphatic heterocycles. The third kappa shape index (κ3) is 4.43. The first-order valence-corrected chi connectivity index (χ1v) is 8.36. The first-order chi connectivity index (χ1) is 10.0. The van der Waals surface area contributed by atoms with E-state index in [1.807, 2.05) is 0 Å². The quantitative estimate of drug-likeness (QED) is 0.808. The van der Waals surface area contributed by atoms with Crippen LogP contribution in [0.3, 0.4) is 0 Å². The molecule has 1 saturated heterocycles. The van der Waals surface area contributed by atoms with E-state index in [1.54, 1.807) is 6.07 Å². The highest BCUT2D eigenvalue weighted by Gasteiger charge is 2.22.